The van der Waals surface area contributed by atoms with Crippen molar-refractivity contribution in [3.05, 3.63) is 29.8 Å². The number of hydrogen-bond acceptors (Lipinski definition) is 1. The summed E-state index contributed by atoms with van der Waals surface area (Å²) in [7, 11) is 0. The minimum absolute atomic E-state index is 0.0139. The Morgan fingerprint density at radius 2 is 2.00 bits per heavy atom. The van der Waals surface area contributed by atoms with Gasteiger partial charge in [0.1, 0.15) is 0 Å². The molecule has 0 aromatic heterocycles. The van der Waals surface area contributed by atoms with Crippen LogP contribution in [-0.2, 0) is 0 Å². The second-order valence-corrected chi connectivity index (χ2v) is 5.34. The molecule has 1 rings (SSSR count). The number of carbonyl (C=O) groups excluding carboxylic acids is 1. The van der Waals surface area contributed by atoms with Gasteiger partial charge in [0, 0.05) is 0 Å². The third-order valence-electron chi connectivity index (χ3n) is 1.97. The van der Waals surface area contributed by atoms with Gasteiger partial charge in [0.15, 0.2) is 0 Å². The molecule has 1 N–H and O–H groups in total. The van der Waals surface area contributed by atoms with Crippen molar-refractivity contribution >= 4 is 26.0 Å². The first-order valence-electron chi connectivity index (χ1n) is 4.84. The molecule has 0 saturated carbocycles. The Morgan fingerprint density at radius 1 is 1.36 bits per heavy atom. The van der Waals surface area contributed by atoms with Gasteiger partial charge in [-0.05, 0) is 0 Å². The Hall–Kier alpha value is -0.752. The first-order chi connectivity index (χ1) is 6.77. The van der Waals surface area contributed by atoms with Crippen LogP contribution in [0.25, 0.3) is 0 Å². The van der Waals surface area contributed by atoms with Gasteiger partial charge in [-0.2, -0.15) is 0 Å². The SMILES string of the molecule is CCCNC(=O)c1ccc([AsH]C)cc1. The van der Waals surface area contributed by atoms with E-state index in [0.717, 1.165) is 18.5 Å². The normalized spacial score (nSPS) is 10.7. The predicted octanol–water partition coefficient (Wildman–Crippen LogP) is 0.936. The summed E-state index contributed by atoms with van der Waals surface area (Å²) >= 11 is 0.0139. The molecule has 1 aromatic carbocycles. The summed E-state index contributed by atoms with van der Waals surface area (Å²) in [5.41, 5.74) is 2.99. The van der Waals surface area contributed by atoms with E-state index in [4.69, 9.17) is 0 Å². The van der Waals surface area contributed by atoms with Gasteiger partial charge >= 0.3 is 91.6 Å². The molecule has 0 heterocycles. The quantitative estimate of drug-likeness (QED) is 0.795. The fourth-order valence-electron chi connectivity index (χ4n) is 1.13. The Morgan fingerprint density at radius 3 is 2.50 bits per heavy atom. The molecule has 0 saturated heterocycles. The number of hydrogen-bond donors (Lipinski definition) is 1. The number of amides is 1. The van der Waals surface area contributed by atoms with Crippen LogP contribution in [0.3, 0.4) is 0 Å². The molecule has 0 aliphatic heterocycles. The molecule has 1 atom stereocenters. The summed E-state index contributed by atoms with van der Waals surface area (Å²) in [6, 6.07) is 7.93. The van der Waals surface area contributed by atoms with E-state index < -0.39 is 0 Å². The van der Waals surface area contributed by atoms with Gasteiger partial charge in [-0.3, -0.25) is 0 Å². The van der Waals surface area contributed by atoms with Gasteiger partial charge < -0.3 is 0 Å². The first kappa shape index (κ1) is 11.3. The van der Waals surface area contributed by atoms with Crippen molar-refractivity contribution in [3.8, 4) is 0 Å². The van der Waals surface area contributed by atoms with Gasteiger partial charge in [0.2, 0.25) is 0 Å². The third kappa shape index (κ3) is 3.19. The third-order valence-corrected chi connectivity index (χ3v) is 3.88. The van der Waals surface area contributed by atoms with Crippen LogP contribution in [0.2, 0.25) is 5.71 Å². The average Bonchev–Trinajstić information content (AvgIpc) is 2.26. The fourth-order valence-corrected chi connectivity index (χ4v) is 2.18. The van der Waals surface area contributed by atoms with Crippen molar-refractivity contribution in [2.24, 2.45) is 0 Å². The molecule has 0 fully saturated rings. The first-order valence-corrected chi connectivity index (χ1v) is 7.98. The van der Waals surface area contributed by atoms with Crippen LogP contribution in [0, 0.1) is 0 Å². The maximum atomic E-state index is 11.5. The molecule has 3 heteroatoms. The standard InChI is InChI=1S/C11H16AsNO/c1-3-8-13-11(14)9-4-6-10(12-2)7-5-9/h4-7,12H,3,8H2,1-2H3,(H,13,14). The molecular formula is C11H16AsNO. The van der Waals surface area contributed by atoms with Crippen LogP contribution in [0.5, 0.6) is 0 Å². The van der Waals surface area contributed by atoms with Gasteiger partial charge in [0.25, 0.3) is 0 Å². The molecule has 0 bridgehead atoms. The van der Waals surface area contributed by atoms with Crippen molar-refractivity contribution < 1.29 is 4.79 Å². The minimum atomic E-state index is 0.0139. The second-order valence-electron chi connectivity index (χ2n) is 3.08. The summed E-state index contributed by atoms with van der Waals surface area (Å²) in [5, 5.41) is 2.86. The molecule has 1 unspecified atom stereocenters. The molecule has 14 heavy (non-hydrogen) atoms. The van der Waals surface area contributed by atoms with E-state index in [0.29, 0.717) is 0 Å². The summed E-state index contributed by atoms with van der Waals surface area (Å²) in [6.45, 7) is 2.80. The summed E-state index contributed by atoms with van der Waals surface area (Å²) in [4.78, 5) is 11.5. The Balaban J connectivity index is 2.62. The van der Waals surface area contributed by atoms with Crippen molar-refractivity contribution in [1.82, 2.24) is 5.32 Å². The zero-order valence-corrected chi connectivity index (χ0v) is 10.7. The number of carbonyl (C=O) groups is 1. The average molecular weight is 253 g/mol. The van der Waals surface area contributed by atoms with Crippen molar-refractivity contribution in [2.45, 2.75) is 19.1 Å². The van der Waals surface area contributed by atoms with Crippen molar-refractivity contribution in [1.29, 1.82) is 0 Å². The van der Waals surface area contributed by atoms with Gasteiger partial charge in [-0.15, -0.1) is 0 Å². The molecule has 1 aromatic rings. The molecule has 1 amide bonds. The van der Waals surface area contributed by atoms with Crippen LogP contribution in [0.4, 0.5) is 0 Å². The number of rotatable bonds is 4. The Labute approximate surface area is 91.8 Å². The Kier molecular flexibility index (Phi) is 4.75. The van der Waals surface area contributed by atoms with E-state index in [1.807, 2.05) is 19.1 Å². The predicted molar refractivity (Wildman–Crippen MR) is 61.7 cm³/mol. The van der Waals surface area contributed by atoms with Gasteiger partial charge in [-0.25, -0.2) is 0 Å². The monoisotopic (exact) mass is 253 g/mol. The Bertz CT molecular complexity index is 295. The van der Waals surface area contributed by atoms with E-state index in [1.165, 1.54) is 4.35 Å². The van der Waals surface area contributed by atoms with E-state index >= 15 is 0 Å². The van der Waals surface area contributed by atoms with Crippen LogP contribution in [0.1, 0.15) is 23.7 Å². The van der Waals surface area contributed by atoms with Crippen LogP contribution >= 0.6 is 0 Å². The molecule has 2 nitrogen and oxygen atoms in total. The van der Waals surface area contributed by atoms with Gasteiger partial charge in [-0.1, -0.05) is 0 Å². The van der Waals surface area contributed by atoms with E-state index in [1.54, 1.807) is 0 Å². The van der Waals surface area contributed by atoms with Crippen molar-refractivity contribution in [2.75, 3.05) is 6.54 Å². The topological polar surface area (TPSA) is 29.1 Å². The maximum absolute atomic E-state index is 11.5. The summed E-state index contributed by atoms with van der Waals surface area (Å²) in [5.74, 6) is 0.0366. The van der Waals surface area contributed by atoms with E-state index in [-0.39, 0.29) is 21.7 Å². The summed E-state index contributed by atoms with van der Waals surface area (Å²) in [6.07, 6.45) is 0.977. The molecule has 0 radical (unpaired) electrons. The molecular weight excluding hydrogens is 237 g/mol. The zero-order chi connectivity index (χ0) is 10.4. The van der Waals surface area contributed by atoms with Gasteiger partial charge in [0.05, 0.1) is 0 Å². The van der Waals surface area contributed by atoms with Crippen LogP contribution < -0.4 is 9.67 Å². The molecule has 0 spiro atoms. The van der Waals surface area contributed by atoms with E-state index in [2.05, 4.69) is 23.2 Å². The molecule has 76 valence electrons. The zero-order valence-electron chi connectivity index (χ0n) is 8.63. The van der Waals surface area contributed by atoms with Crippen LogP contribution in [0.15, 0.2) is 24.3 Å². The number of nitrogens with one attached hydrogen (secondary N) is 1. The summed E-state index contributed by atoms with van der Waals surface area (Å²) < 4.78 is 1.39. The van der Waals surface area contributed by atoms with Crippen molar-refractivity contribution in [3.63, 3.8) is 0 Å². The number of benzene rings is 1. The van der Waals surface area contributed by atoms with E-state index in [9.17, 15) is 4.79 Å². The fraction of sp³-hybridized carbons (Fsp3) is 0.364. The second kappa shape index (κ2) is 5.87. The van der Waals surface area contributed by atoms with Crippen LogP contribution in [-0.4, -0.2) is 28.2 Å². The molecule has 0 aliphatic carbocycles. The molecule has 0 aliphatic rings.